The number of hydrogen-bond acceptors (Lipinski definition) is 6. The van der Waals surface area contributed by atoms with Gasteiger partial charge in [-0.2, -0.15) is 0 Å². The summed E-state index contributed by atoms with van der Waals surface area (Å²) in [6.45, 7) is 2.25. The lowest BCUT2D eigenvalue weighted by Gasteiger charge is -2.54. The minimum Gasteiger partial charge on any atom is -0.453 e. The van der Waals surface area contributed by atoms with Gasteiger partial charge < -0.3 is 14.7 Å². The molecule has 8 nitrogen and oxygen atoms in total. The molecule has 3 unspecified atom stereocenters. The highest BCUT2D eigenvalue weighted by molar-refractivity contribution is 7.92. The molecule has 3 aliphatic carbocycles. The first kappa shape index (κ1) is 23.8. The van der Waals surface area contributed by atoms with Crippen LogP contribution in [0, 0.1) is 17.8 Å². The smallest absolute Gasteiger partial charge is 0.410 e. The van der Waals surface area contributed by atoms with Gasteiger partial charge in [0, 0.05) is 12.5 Å². The highest BCUT2D eigenvalue weighted by Gasteiger charge is 2.50. The van der Waals surface area contributed by atoms with Gasteiger partial charge in [0.05, 0.1) is 42.8 Å². The molecule has 1 N–H and O–H groups in total. The molecule has 0 spiro atoms. The maximum Gasteiger partial charge on any atom is 0.410 e. The number of piperazine rings is 1. The second kappa shape index (κ2) is 9.49. The first-order valence-electron chi connectivity index (χ1n) is 12.3. The fraction of sp³-hybridized carbons (Fsp3) is 0.913. The average molecular weight is 471 g/mol. The number of aliphatic hydroxyl groups is 1. The number of ether oxygens (including phenoxy) is 1. The molecule has 1 saturated heterocycles. The number of hydrogen-bond donors (Lipinski definition) is 1. The molecule has 1 heterocycles. The van der Waals surface area contributed by atoms with Crippen LogP contribution < -0.4 is 0 Å². The lowest BCUT2D eigenvalue weighted by molar-refractivity contribution is -0.144. The highest BCUT2D eigenvalue weighted by Crippen LogP contribution is 2.45. The van der Waals surface area contributed by atoms with E-state index in [-0.39, 0.29) is 53.7 Å². The van der Waals surface area contributed by atoms with Crippen molar-refractivity contribution < 1.29 is 27.9 Å². The van der Waals surface area contributed by atoms with Gasteiger partial charge in [-0.05, 0) is 76.5 Å². The number of carbonyl (C=O) groups is 2. The van der Waals surface area contributed by atoms with Crippen molar-refractivity contribution >= 4 is 21.8 Å². The van der Waals surface area contributed by atoms with Crippen LogP contribution in [0.2, 0.25) is 0 Å². The topological polar surface area (TPSA) is 104 Å². The number of sulfone groups is 1. The molecule has 4 aliphatic rings. The van der Waals surface area contributed by atoms with Crippen LogP contribution in [-0.2, 0) is 19.4 Å². The van der Waals surface area contributed by atoms with Gasteiger partial charge >= 0.3 is 6.09 Å². The quantitative estimate of drug-likeness (QED) is 0.661. The number of carbonyl (C=O) groups excluding carboxylic acids is 2. The fourth-order valence-electron chi connectivity index (χ4n) is 6.54. The fourth-order valence-corrected chi connectivity index (χ4v) is 8.12. The Hall–Kier alpha value is -1.35. The molecule has 0 aromatic heterocycles. The first-order valence-corrected chi connectivity index (χ1v) is 14.0. The summed E-state index contributed by atoms with van der Waals surface area (Å²) in [5.41, 5.74) is 0. The average Bonchev–Trinajstić information content (AvgIpc) is 3.63. The molecule has 0 aromatic rings. The third kappa shape index (κ3) is 4.65. The molecule has 32 heavy (non-hydrogen) atoms. The van der Waals surface area contributed by atoms with E-state index in [0.29, 0.717) is 31.2 Å². The predicted octanol–water partition coefficient (Wildman–Crippen LogP) is 2.20. The lowest BCUT2D eigenvalue weighted by Crippen LogP contribution is -2.67. The number of methoxy groups -OCH3 is 1. The summed E-state index contributed by atoms with van der Waals surface area (Å²) >= 11 is 0. The Morgan fingerprint density at radius 2 is 1.62 bits per heavy atom. The normalized spacial score (nSPS) is 35.8. The molecule has 4 fully saturated rings. The van der Waals surface area contributed by atoms with Crippen molar-refractivity contribution in [2.75, 3.05) is 26.0 Å². The number of fused-ring (bicyclic) bond motifs is 1. The van der Waals surface area contributed by atoms with Crippen LogP contribution in [0.15, 0.2) is 0 Å². The summed E-state index contributed by atoms with van der Waals surface area (Å²) in [6.07, 6.45) is 7.44. The Morgan fingerprint density at radius 3 is 2.22 bits per heavy atom. The SMILES string of the molecule is COC(=O)N1C2CCC(C3CCC(S(=O)(=O)CCO)CC3)CC2N(C(=O)C2CC2)C[C@@H]1C. The molecule has 0 radical (unpaired) electrons. The summed E-state index contributed by atoms with van der Waals surface area (Å²) < 4.78 is 29.8. The van der Waals surface area contributed by atoms with Crippen molar-refractivity contribution in [3.05, 3.63) is 0 Å². The molecule has 182 valence electrons. The van der Waals surface area contributed by atoms with Gasteiger partial charge in [0.2, 0.25) is 5.91 Å². The van der Waals surface area contributed by atoms with E-state index in [9.17, 15) is 18.0 Å². The highest BCUT2D eigenvalue weighted by atomic mass is 32.2. The zero-order chi connectivity index (χ0) is 23.0. The molecule has 4 rings (SSSR count). The van der Waals surface area contributed by atoms with Gasteiger partial charge in [0.1, 0.15) is 0 Å². The third-order valence-electron chi connectivity index (χ3n) is 8.38. The van der Waals surface area contributed by atoms with Crippen molar-refractivity contribution in [1.82, 2.24) is 9.80 Å². The third-order valence-corrected chi connectivity index (χ3v) is 10.6. The van der Waals surface area contributed by atoms with Crippen LogP contribution in [0.25, 0.3) is 0 Å². The van der Waals surface area contributed by atoms with Crippen molar-refractivity contribution in [3.63, 3.8) is 0 Å². The predicted molar refractivity (Wildman–Crippen MR) is 120 cm³/mol. The van der Waals surface area contributed by atoms with Gasteiger partial charge in [-0.15, -0.1) is 0 Å². The van der Waals surface area contributed by atoms with Gasteiger partial charge in [-0.25, -0.2) is 13.2 Å². The van der Waals surface area contributed by atoms with E-state index in [1.807, 2.05) is 11.8 Å². The number of aliphatic hydroxyl groups excluding tert-OH is 1. The monoisotopic (exact) mass is 470 g/mol. The molecule has 2 amide bonds. The van der Waals surface area contributed by atoms with E-state index >= 15 is 0 Å². The molecular formula is C23H38N2O6S. The standard InChI is InChI=1S/C23H38N2O6S/c1-15-14-24(22(27)17-3-4-17)21-13-18(7-10-20(21)25(15)23(28)31-2)16-5-8-19(9-6-16)32(29,30)12-11-26/h15-21,26H,3-14H2,1-2H3/t15-,16?,18?,19?,20?,21?/m0/s1. The zero-order valence-corrected chi connectivity index (χ0v) is 20.1. The van der Waals surface area contributed by atoms with E-state index in [2.05, 4.69) is 4.90 Å². The van der Waals surface area contributed by atoms with E-state index in [1.54, 1.807) is 0 Å². The minimum absolute atomic E-state index is 0.00794. The summed E-state index contributed by atoms with van der Waals surface area (Å²) in [6, 6.07) is -0.0467. The van der Waals surface area contributed by atoms with Crippen LogP contribution in [0.5, 0.6) is 0 Å². The summed E-state index contributed by atoms with van der Waals surface area (Å²) in [5, 5.41) is 8.73. The minimum atomic E-state index is -3.22. The first-order chi connectivity index (χ1) is 15.3. The van der Waals surface area contributed by atoms with Crippen LogP contribution in [0.4, 0.5) is 4.79 Å². The lowest BCUT2D eigenvalue weighted by atomic mass is 9.69. The van der Waals surface area contributed by atoms with Crippen molar-refractivity contribution in [1.29, 1.82) is 0 Å². The second-order valence-corrected chi connectivity index (χ2v) is 12.7. The number of rotatable bonds is 5. The van der Waals surface area contributed by atoms with Gasteiger partial charge in [0.15, 0.2) is 9.84 Å². The molecule has 0 bridgehead atoms. The van der Waals surface area contributed by atoms with Crippen molar-refractivity contribution in [2.24, 2.45) is 17.8 Å². The zero-order valence-electron chi connectivity index (χ0n) is 19.3. The van der Waals surface area contributed by atoms with Crippen molar-refractivity contribution in [3.8, 4) is 0 Å². The van der Waals surface area contributed by atoms with E-state index in [4.69, 9.17) is 9.84 Å². The molecule has 3 saturated carbocycles. The van der Waals surface area contributed by atoms with Gasteiger partial charge in [0.25, 0.3) is 0 Å². The van der Waals surface area contributed by atoms with E-state index in [0.717, 1.165) is 44.9 Å². The Bertz CT molecular complexity index is 805. The van der Waals surface area contributed by atoms with Crippen LogP contribution in [0.3, 0.4) is 0 Å². The van der Waals surface area contributed by atoms with Crippen LogP contribution in [0.1, 0.15) is 64.7 Å². The summed E-state index contributed by atoms with van der Waals surface area (Å²) in [4.78, 5) is 29.6. The molecule has 4 atom stereocenters. The molecular weight excluding hydrogens is 432 g/mol. The molecule has 0 aromatic carbocycles. The Labute approximate surface area is 191 Å². The van der Waals surface area contributed by atoms with Gasteiger partial charge in [-0.3, -0.25) is 9.69 Å². The molecule has 1 aliphatic heterocycles. The van der Waals surface area contributed by atoms with Crippen LogP contribution in [-0.4, -0.2) is 84.7 Å². The van der Waals surface area contributed by atoms with Crippen LogP contribution >= 0.6 is 0 Å². The second-order valence-electron chi connectivity index (χ2n) is 10.3. The van der Waals surface area contributed by atoms with E-state index < -0.39 is 9.84 Å². The Morgan fingerprint density at radius 1 is 0.969 bits per heavy atom. The maximum absolute atomic E-state index is 13.1. The Balaban J connectivity index is 1.46. The summed E-state index contributed by atoms with van der Waals surface area (Å²) in [5.74, 6) is 1.16. The van der Waals surface area contributed by atoms with E-state index in [1.165, 1.54) is 7.11 Å². The maximum atomic E-state index is 13.1. The molecule has 9 heteroatoms. The largest absolute Gasteiger partial charge is 0.453 e. The van der Waals surface area contributed by atoms with Crippen molar-refractivity contribution in [2.45, 2.75) is 88.1 Å². The number of amides is 2. The number of nitrogens with zero attached hydrogens (tertiary/aromatic N) is 2. The summed E-state index contributed by atoms with van der Waals surface area (Å²) in [7, 11) is -1.80. The van der Waals surface area contributed by atoms with Gasteiger partial charge in [-0.1, -0.05) is 0 Å². The Kier molecular flexibility index (Phi) is 7.05.